The van der Waals surface area contributed by atoms with Gasteiger partial charge in [-0.3, -0.25) is 47.7 Å². The van der Waals surface area contributed by atoms with Crippen LogP contribution < -0.4 is 30.4 Å². The van der Waals surface area contributed by atoms with Gasteiger partial charge in [0.25, 0.3) is 11.1 Å². The monoisotopic (exact) mass is 1570 g/mol. The Morgan fingerprint density at radius 1 is 0.330 bits per heavy atom. The van der Waals surface area contributed by atoms with Gasteiger partial charge in [0.15, 0.2) is 13.5 Å². The number of carbonyl (C=O) groups is 4. The number of esters is 2. The predicted octanol–water partition coefficient (Wildman–Crippen LogP) is 19.6. The third-order valence-electron chi connectivity index (χ3n) is 23.3. The van der Waals surface area contributed by atoms with Crippen LogP contribution in [0.4, 0.5) is 11.4 Å². The molecule has 3 saturated heterocycles. The average Bonchev–Trinajstić information content (AvgIpc) is 1.76. The molecular formula is C92H128N8O10S2. The topological polar surface area (TPSA) is 169 Å². The van der Waals surface area contributed by atoms with Gasteiger partial charge in [-0.05, 0) is 159 Å². The maximum atomic E-state index is 13.0. The summed E-state index contributed by atoms with van der Waals surface area (Å²) in [5, 5.41) is 8.87. The fourth-order valence-corrected chi connectivity index (χ4v) is 18.1. The molecule has 0 spiro atoms. The van der Waals surface area contributed by atoms with E-state index < -0.39 is 0 Å². The van der Waals surface area contributed by atoms with Gasteiger partial charge < -0.3 is 38.5 Å². The maximum Gasteiger partial charge on any atom is 0.307 e. The highest BCUT2D eigenvalue weighted by molar-refractivity contribution is 7.17. The third-order valence-corrected chi connectivity index (χ3v) is 25.1. The van der Waals surface area contributed by atoms with Crippen LogP contribution in [0.5, 0.6) is 11.5 Å². The van der Waals surface area contributed by atoms with Gasteiger partial charge in [0.05, 0.1) is 24.2 Å². The van der Waals surface area contributed by atoms with Crippen LogP contribution >= 0.6 is 22.7 Å². The van der Waals surface area contributed by atoms with E-state index in [1.807, 2.05) is 58.3 Å². The van der Waals surface area contributed by atoms with Gasteiger partial charge in [-0.15, -0.1) is 22.7 Å². The van der Waals surface area contributed by atoms with Crippen molar-refractivity contribution in [3.8, 4) is 11.5 Å². The number of anilines is 2. The van der Waals surface area contributed by atoms with Crippen molar-refractivity contribution >= 4 is 99.8 Å². The van der Waals surface area contributed by atoms with Crippen molar-refractivity contribution in [1.82, 2.24) is 28.7 Å². The normalized spacial score (nSPS) is 14.5. The second kappa shape index (κ2) is 47.8. The van der Waals surface area contributed by atoms with Crippen LogP contribution in [0.3, 0.4) is 0 Å². The molecule has 11 rings (SSSR count). The fraction of sp³-hybridized carbons (Fsp3) is 0.587. The molecule has 4 aromatic carbocycles. The number of hydrogen-bond acceptors (Lipinski definition) is 16. The molecule has 18 nitrogen and oxygen atoms in total. The highest BCUT2D eigenvalue weighted by Gasteiger charge is 2.25. The summed E-state index contributed by atoms with van der Waals surface area (Å²) < 4.78 is 29.3. The first-order valence-corrected chi connectivity index (χ1v) is 45.1. The van der Waals surface area contributed by atoms with Gasteiger partial charge in [0.1, 0.15) is 11.5 Å². The quantitative estimate of drug-likeness (QED) is 0.0261. The Hall–Kier alpha value is -7.78. The molecule has 112 heavy (non-hydrogen) atoms. The molecule has 0 atom stereocenters. The Labute approximate surface area is 674 Å². The van der Waals surface area contributed by atoms with E-state index in [4.69, 9.17) is 18.9 Å². The number of benzene rings is 4. The number of hydrogen-bond donors (Lipinski definition) is 0. The molecule has 4 aromatic heterocycles. The molecule has 3 fully saturated rings. The SMILES string of the molecule is O=C(CCCCCCCCCCCCCCCCC(=O)N1CCN(C(=O)CCCCCCCCCCCCCCCCC(=O)OCn2c(=O)ccc3ccc(OCCCCN4CCN(c5cccc6sccc56)CC4)cc32)CC1)OCn1c(=O)ccc2ccc(OCCCCN3CCN(c4cccc5sccc45)CC3)cc21. The minimum absolute atomic E-state index is 0.109. The standard InChI is InChI=1S/C92H128N8O10S2/c101-87(39-25-21-17-13-9-5-1-3-7-11-15-19-23-27-41-91(105)109-73-99-83-71-77(47-43-75(83)45-49-89(99)103)107-67-31-29-53-93-55-59-95(60-56-93)81-35-33-37-85-79(81)51-69-111-85)97-63-65-98(66-64-97)88(102)40-26-22-18-14-10-6-2-4-8-12-16-20-24-28-42-92(106)110-74-100-84-72-78(48-44-76(84)46-50-90(100)104)108-68-32-30-54-94-57-61-96(62-58-94)82-36-34-38-86-80(82)52-70-112-86/h33-38,43-52,69-72H,1-32,39-42,53-68,73-74H2. The van der Waals surface area contributed by atoms with Gasteiger partial charge in [-0.2, -0.15) is 0 Å². The molecule has 0 bridgehead atoms. The average molecular weight is 1570 g/mol. The van der Waals surface area contributed by atoms with E-state index in [1.165, 1.54) is 168 Å². The van der Waals surface area contributed by atoms with Gasteiger partial charge in [-0.25, -0.2) is 0 Å². The van der Waals surface area contributed by atoms with Gasteiger partial charge in [0, 0.05) is 160 Å². The Morgan fingerprint density at radius 3 is 1.02 bits per heavy atom. The molecule has 0 aliphatic carbocycles. The molecule has 0 radical (unpaired) electrons. The van der Waals surface area contributed by atoms with Crippen molar-refractivity contribution in [2.24, 2.45) is 0 Å². The van der Waals surface area contributed by atoms with E-state index in [0.717, 1.165) is 166 Å². The first-order chi connectivity index (χ1) is 55.1. The maximum absolute atomic E-state index is 13.0. The van der Waals surface area contributed by atoms with E-state index in [0.29, 0.717) is 87.6 Å². The predicted molar refractivity (Wildman–Crippen MR) is 460 cm³/mol. The van der Waals surface area contributed by atoms with Crippen molar-refractivity contribution in [3.63, 3.8) is 0 Å². The lowest BCUT2D eigenvalue weighted by Gasteiger charge is -2.36. The van der Waals surface area contributed by atoms with Crippen LogP contribution in [-0.4, -0.2) is 157 Å². The van der Waals surface area contributed by atoms with Gasteiger partial charge >= 0.3 is 11.9 Å². The summed E-state index contributed by atoms with van der Waals surface area (Å²) in [6.07, 6.45) is 38.1. The van der Waals surface area contributed by atoms with E-state index in [1.54, 1.807) is 22.7 Å². The summed E-state index contributed by atoms with van der Waals surface area (Å²) in [6, 6.07) is 36.0. The summed E-state index contributed by atoms with van der Waals surface area (Å²) in [5.41, 5.74) is 3.70. The minimum atomic E-state index is -0.272. The second-order valence-corrected chi connectivity index (χ2v) is 33.5. The van der Waals surface area contributed by atoms with Gasteiger partial charge in [0.2, 0.25) is 11.8 Å². The molecule has 0 unspecified atom stereocenters. The zero-order valence-corrected chi connectivity index (χ0v) is 68.8. The molecular weight excluding hydrogens is 1440 g/mol. The van der Waals surface area contributed by atoms with Crippen LogP contribution in [0.1, 0.15) is 231 Å². The molecule has 0 N–H and O–H groups in total. The summed E-state index contributed by atoms with van der Waals surface area (Å²) in [4.78, 5) is 91.6. The van der Waals surface area contributed by atoms with Gasteiger partial charge in [-0.1, -0.05) is 166 Å². The van der Waals surface area contributed by atoms with E-state index in [9.17, 15) is 28.8 Å². The Bertz CT molecular complexity index is 3990. The molecule has 2 amide bonds. The van der Waals surface area contributed by atoms with Crippen LogP contribution in [-0.2, 0) is 42.1 Å². The number of unbranched alkanes of at least 4 members (excludes halogenated alkanes) is 28. The summed E-state index contributed by atoms with van der Waals surface area (Å²) in [5.74, 6) is 1.36. The van der Waals surface area contributed by atoms with Crippen molar-refractivity contribution in [2.45, 2.75) is 245 Å². The number of pyridine rings is 2. The number of rotatable bonds is 52. The number of nitrogens with zero attached hydrogens (tertiary/aromatic N) is 8. The van der Waals surface area contributed by atoms with Crippen LogP contribution in [0.2, 0.25) is 0 Å². The lowest BCUT2D eigenvalue weighted by atomic mass is 10.0. The van der Waals surface area contributed by atoms with Crippen molar-refractivity contribution < 1.29 is 38.1 Å². The minimum Gasteiger partial charge on any atom is -0.494 e. The largest absolute Gasteiger partial charge is 0.494 e. The molecule has 3 aliphatic rings. The summed E-state index contributed by atoms with van der Waals surface area (Å²) in [6.45, 7) is 14.1. The van der Waals surface area contributed by atoms with Crippen LogP contribution in [0.15, 0.2) is 130 Å². The highest BCUT2D eigenvalue weighted by Crippen LogP contribution is 2.34. The Kier molecular flexibility index (Phi) is 36.3. The summed E-state index contributed by atoms with van der Waals surface area (Å²) in [7, 11) is 0. The number of aromatic nitrogens is 2. The summed E-state index contributed by atoms with van der Waals surface area (Å²) >= 11 is 3.61. The molecule has 608 valence electrons. The first kappa shape index (κ1) is 85.1. The number of piperazine rings is 3. The molecule has 0 saturated carbocycles. The molecule has 7 heterocycles. The number of fused-ring (bicyclic) bond motifs is 4. The van der Waals surface area contributed by atoms with Crippen LogP contribution in [0.25, 0.3) is 42.0 Å². The zero-order valence-electron chi connectivity index (χ0n) is 67.2. The second-order valence-electron chi connectivity index (χ2n) is 31.6. The van der Waals surface area contributed by atoms with E-state index in [2.05, 4.69) is 78.9 Å². The Morgan fingerprint density at radius 2 is 0.661 bits per heavy atom. The Balaban J connectivity index is 0.413. The number of amides is 2. The first-order valence-electron chi connectivity index (χ1n) is 43.4. The highest BCUT2D eigenvalue weighted by atomic mass is 32.1. The molecule has 8 aromatic rings. The van der Waals surface area contributed by atoms with E-state index >= 15 is 0 Å². The van der Waals surface area contributed by atoms with Crippen molar-refractivity contribution in [3.05, 3.63) is 141 Å². The van der Waals surface area contributed by atoms with E-state index in [-0.39, 0.29) is 48.3 Å². The molecule has 20 heteroatoms. The number of carbonyl (C=O) groups excluding carboxylic acids is 4. The molecule has 3 aliphatic heterocycles. The van der Waals surface area contributed by atoms with Crippen LogP contribution in [0, 0.1) is 0 Å². The fourth-order valence-electron chi connectivity index (χ4n) is 16.4. The number of thiophene rings is 2. The number of ether oxygens (including phenoxy) is 4. The smallest absolute Gasteiger partial charge is 0.307 e. The lowest BCUT2D eigenvalue weighted by molar-refractivity contribution is -0.148. The van der Waals surface area contributed by atoms with Crippen molar-refractivity contribution in [1.29, 1.82) is 0 Å². The lowest BCUT2D eigenvalue weighted by Crippen LogP contribution is -2.50. The van der Waals surface area contributed by atoms with Crippen molar-refractivity contribution in [2.75, 3.05) is 115 Å². The zero-order chi connectivity index (χ0) is 77.6. The third kappa shape index (κ3) is 27.8.